The Morgan fingerprint density at radius 3 is 2.77 bits per heavy atom. The summed E-state index contributed by atoms with van der Waals surface area (Å²) in [7, 11) is 0. The van der Waals surface area contributed by atoms with Crippen LogP contribution in [-0.4, -0.2) is 42.9 Å². The van der Waals surface area contributed by atoms with Crippen molar-refractivity contribution in [2.45, 2.75) is 25.0 Å². The second kappa shape index (κ2) is 5.16. The molecule has 0 aliphatic carbocycles. The molecule has 5 nitrogen and oxygen atoms in total. The van der Waals surface area contributed by atoms with Gasteiger partial charge in [-0.25, -0.2) is 0 Å². The van der Waals surface area contributed by atoms with Crippen molar-refractivity contribution in [1.29, 1.82) is 0 Å². The van der Waals surface area contributed by atoms with Gasteiger partial charge in [-0.2, -0.15) is 0 Å². The van der Waals surface area contributed by atoms with Gasteiger partial charge in [-0.3, -0.25) is 4.79 Å². The van der Waals surface area contributed by atoms with Crippen molar-refractivity contribution >= 4 is 5.91 Å². The molecule has 0 aromatic heterocycles. The fraction of sp³-hybridized carbons (Fsp3) is 0.875. The summed E-state index contributed by atoms with van der Waals surface area (Å²) >= 11 is 0. The molecule has 0 aromatic rings. The molecule has 1 aliphatic heterocycles. The van der Waals surface area contributed by atoms with Crippen LogP contribution in [0.1, 0.15) is 12.8 Å². The van der Waals surface area contributed by atoms with Crippen LogP contribution in [0.3, 0.4) is 0 Å². The fourth-order valence-electron chi connectivity index (χ4n) is 1.28. The molecule has 1 aliphatic rings. The summed E-state index contributed by atoms with van der Waals surface area (Å²) in [6, 6.07) is 0.336. The van der Waals surface area contributed by atoms with Gasteiger partial charge in [-0.05, 0) is 12.8 Å². The van der Waals surface area contributed by atoms with Gasteiger partial charge in [0, 0.05) is 25.8 Å². The largest absolute Gasteiger partial charge is 0.382 e. The van der Waals surface area contributed by atoms with Crippen LogP contribution in [0.4, 0.5) is 0 Å². The van der Waals surface area contributed by atoms with Crippen molar-refractivity contribution in [1.82, 2.24) is 5.32 Å². The average molecular weight is 188 g/mol. The maximum absolute atomic E-state index is 10.5. The molecule has 4 N–H and O–H groups in total. The summed E-state index contributed by atoms with van der Waals surface area (Å²) in [5.41, 5.74) is 4.90. The van der Waals surface area contributed by atoms with Crippen molar-refractivity contribution < 1.29 is 14.6 Å². The lowest BCUT2D eigenvalue weighted by Gasteiger charge is -2.23. The fourth-order valence-corrected chi connectivity index (χ4v) is 1.28. The van der Waals surface area contributed by atoms with Crippen LogP contribution in [0.5, 0.6) is 0 Å². The second-order valence-electron chi connectivity index (χ2n) is 3.21. The second-order valence-corrected chi connectivity index (χ2v) is 3.21. The van der Waals surface area contributed by atoms with Gasteiger partial charge in [0.05, 0.1) is 0 Å². The van der Waals surface area contributed by atoms with E-state index in [1.807, 2.05) is 0 Å². The lowest BCUT2D eigenvalue weighted by molar-refractivity contribution is -0.125. The summed E-state index contributed by atoms with van der Waals surface area (Å²) < 4.78 is 5.16. The van der Waals surface area contributed by atoms with E-state index in [4.69, 9.17) is 15.6 Å². The van der Waals surface area contributed by atoms with Gasteiger partial charge in [0.2, 0.25) is 5.91 Å². The minimum absolute atomic E-state index is 0.236. The molecule has 1 heterocycles. The van der Waals surface area contributed by atoms with E-state index >= 15 is 0 Å². The van der Waals surface area contributed by atoms with Crippen LogP contribution in [0.15, 0.2) is 0 Å². The highest BCUT2D eigenvalue weighted by Gasteiger charge is 2.16. The number of nitrogens with two attached hydrogens (primary N) is 1. The SMILES string of the molecule is NC(=O)C(O)CNC1CCOCC1. The van der Waals surface area contributed by atoms with Gasteiger partial charge in [0.15, 0.2) is 0 Å². The number of aliphatic hydroxyl groups is 1. The Hall–Kier alpha value is -0.650. The van der Waals surface area contributed by atoms with Crippen molar-refractivity contribution in [3.8, 4) is 0 Å². The Morgan fingerprint density at radius 1 is 1.62 bits per heavy atom. The zero-order valence-corrected chi connectivity index (χ0v) is 7.53. The number of primary amides is 1. The zero-order valence-electron chi connectivity index (χ0n) is 7.53. The van der Waals surface area contributed by atoms with Crippen LogP contribution in [-0.2, 0) is 9.53 Å². The summed E-state index contributed by atoms with van der Waals surface area (Å²) in [5, 5.41) is 12.2. The smallest absolute Gasteiger partial charge is 0.247 e. The zero-order chi connectivity index (χ0) is 9.68. The molecule has 0 saturated carbocycles. The maximum atomic E-state index is 10.5. The Bertz CT molecular complexity index is 169. The molecule has 0 aromatic carbocycles. The molecule has 0 bridgehead atoms. The number of nitrogens with one attached hydrogen (secondary N) is 1. The standard InChI is InChI=1S/C8H16N2O3/c9-8(12)7(11)5-10-6-1-3-13-4-2-6/h6-7,10-11H,1-5H2,(H2,9,12). The van der Waals surface area contributed by atoms with E-state index in [9.17, 15) is 4.79 Å². The Balaban J connectivity index is 2.13. The predicted octanol–water partition coefficient (Wildman–Crippen LogP) is -1.40. The average Bonchev–Trinajstić information content (AvgIpc) is 2.15. The number of hydrogen-bond acceptors (Lipinski definition) is 4. The van der Waals surface area contributed by atoms with Gasteiger partial charge >= 0.3 is 0 Å². The maximum Gasteiger partial charge on any atom is 0.247 e. The lowest BCUT2D eigenvalue weighted by Crippen LogP contribution is -2.43. The third-order valence-corrected chi connectivity index (χ3v) is 2.15. The first kappa shape index (κ1) is 10.4. The molecule has 0 radical (unpaired) electrons. The molecular weight excluding hydrogens is 172 g/mol. The summed E-state index contributed by atoms with van der Waals surface area (Å²) in [6.07, 6.45) is 0.764. The number of aliphatic hydroxyl groups excluding tert-OH is 1. The lowest BCUT2D eigenvalue weighted by atomic mass is 10.1. The van der Waals surface area contributed by atoms with Crippen molar-refractivity contribution in [2.24, 2.45) is 5.73 Å². The number of carbonyl (C=O) groups excluding carboxylic acids is 1. The summed E-state index contributed by atoms with van der Waals surface area (Å²) in [4.78, 5) is 10.5. The molecule has 1 saturated heterocycles. The first-order valence-electron chi connectivity index (χ1n) is 4.48. The number of ether oxygens (including phenoxy) is 1. The topological polar surface area (TPSA) is 84.6 Å². The van der Waals surface area contributed by atoms with Crippen molar-refractivity contribution in [2.75, 3.05) is 19.8 Å². The van der Waals surface area contributed by atoms with Crippen LogP contribution in [0, 0.1) is 0 Å². The molecule has 13 heavy (non-hydrogen) atoms. The predicted molar refractivity (Wildman–Crippen MR) is 47.0 cm³/mol. The minimum atomic E-state index is -1.08. The number of carbonyl (C=O) groups is 1. The molecule has 5 heteroatoms. The van der Waals surface area contributed by atoms with E-state index in [1.165, 1.54) is 0 Å². The molecule has 1 atom stereocenters. The van der Waals surface area contributed by atoms with Gasteiger partial charge in [0.25, 0.3) is 0 Å². The van der Waals surface area contributed by atoms with E-state index in [-0.39, 0.29) is 6.54 Å². The highest BCUT2D eigenvalue weighted by Crippen LogP contribution is 2.05. The molecule has 1 unspecified atom stereocenters. The number of amides is 1. The third kappa shape index (κ3) is 3.71. The van der Waals surface area contributed by atoms with Crippen LogP contribution in [0.2, 0.25) is 0 Å². The quantitative estimate of drug-likeness (QED) is 0.506. The van der Waals surface area contributed by atoms with Gasteiger partial charge in [0.1, 0.15) is 6.10 Å². The Morgan fingerprint density at radius 2 is 2.23 bits per heavy atom. The van der Waals surface area contributed by atoms with Crippen molar-refractivity contribution in [3.05, 3.63) is 0 Å². The molecule has 1 fully saturated rings. The van der Waals surface area contributed by atoms with Crippen LogP contribution in [0.25, 0.3) is 0 Å². The van der Waals surface area contributed by atoms with E-state index in [0.29, 0.717) is 6.04 Å². The first-order chi connectivity index (χ1) is 6.20. The number of rotatable bonds is 4. The van der Waals surface area contributed by atoms with E-state index in [0.717, 1.165) is 26.1 Å². The molecule has 1 rings (SSSR count). The van der Waals surface area contributed by atoms with Gasteiger partial charge in [-0.15, -0.1) is 0 Å². The third-order valence-electron chi connectivity index (χ3n) is 2.15. The van der Waals surface area contributed by atoms with Gasteiger partial charge in [-0.1, -0.05) is 0 Å². The van der Waals surface area contributed by atoms with Crippen LogP contribution < -0.4 is 11.1 Å². The normalized spacial score (nSPS) is 21.3. The summed E-state index contributed by atoms with van der Waals surface area (Å²) in [6.45, 7) is 1.72. The molecule has 1 amide bonds. The number of hydrogen-bond donors (Lipinski definition) is 3. The summed E-state index contributed by atoms with van der Waals surface area (Å²) in [5.74, 6) is -0.681. The minimum Gasteiger partial charge on any atom is -0.382 e. The van der Waals surface area contributed by atoms with Crippen molar-refractivity contribution in [3.63, 3.8) is 0 Å². The van der Waals surface area contributed by atoms with E-state index < -0.39 is 12.0 Å². The highest BCUT2D eigenvalue weighted by molar-refractivity contribution is 5.78. The van der Waals surface area contributed by atoms with Crippen LogP contribution >= 0.6 is 0 Å². The monoisotopic (exact) mass is 188 g/mol. The highest BCUT2D eigenvalue weighted by atomic mass is 16.5. The Kier molecular flexibility index (Phi) is 4.14. The molecule has 76 valence electrons. The molecular formula is C8H16N2O3. The van der Waals surface area contributed by atoms with E-state index in [1.54, 1.807) is 0 Å². The van der Waals surface area contributed by atoms with Gasteiger partial charge < -0.3 is 20.9 Å². The molecule has 0 spiro atoms. The van der Waals surface area contributed by atoms with E-state index in [2.05, 4.69) is 5.32 Å². The Labute approximate surface area is 77.2 Å². The first-order valence-corrected chi connectivity index (χ1v) is 4.48.